The SMILES string of the molecule is COCCCN1CC2(CCN(C3Cc4ccccc4C3)CC2)CC1=O. The van der Waals surface area contributed by atoms with Gasteiger partial charge >= 0.3 is 0 Å². The molecule has 1 amide bonds. The van der Waals surface area contributed by atoms with Crippen molar-refractivity contribution in [1.29, 1.82) is 0 Å². The molecule has 2 fully saturated rings. The number of likely N-dealkylation sites (tertiary alicyclic amines) is 2. The first-order valence-corrected chi connectivity index (χ1v) is 9.77. The van der Waals surface area contributed by atoms with Gasteiger partial charge in [0.1, 0.15) is 0 Å². The highest BCUT2D eigenvalue weighted by atomic mass is 16.5. The molecule has 136 valence electrons. The Kier molecular flexibility index (Phi) is 4.83. The van der Waals surface area contributed by atoms with E-state index < -0.39 is 0 Å². The van der Waals surface area contributed by atoms with Gasteiger partial charge in [0, 0.05) is 39.3 Å². The van der Waals surface area contributed by atoms with Gasteiger partial charge in [-0.05, 0) is 61.7 Å². The number of fused-ring (bicyclic) bond motifs is 1. The number of carbonyl (C=O) groups excluding carboxylic acids is 1. The van der Waals surface area contributed by atoms with Crippen LogP contribution in [0.3, 0.4) is 0 Å². The van der Waals surface area contributed by atoms with Crippen LogP contribution < -0.4 is 0 Å². The molecule has 0 bridgehead atoms. The molecule has 0 N–H and O–H groups in total. The Hall–Kier alpha value is -1.39. The average Bonchev–Trinajstić information content (AvgIpc) is 3.17. The Labute approximate surface area is 151 Å². The highest BCUT2D eigenvalue weighted by Crippen LogP contribution is 2.42. The number of hydrogen-bond acceptors (Lipinski definition) is 3. The van der Waals surface area contributed by atoms with Crippen molar-refractivity contribution in [1.82, 2.24) is 9.80 Å². The van der Waals surface area contributed by atoms with E-state index in [1.807, 2.05) is 0 Å². The predicted octanol–water partition coefficient (Wildman–Crippen LogP) is 2.50. The molecule has 25 heavy (non-hydrogen) atoms. The summed E-state index contributed by atoms with van der Waals surface area (Å²) >= 11 is 0. The fourth-order valence-electron chi connectivity index (χ4n) is 5.08. The highest BCUT2D eigenvalue weighted by molar-refractivity contribution is 5.79. The maximum atomic E-state index is 12.4. The quantitative estimate of drug-likeness (QED) is 0.771. The van der Waals surface area contributed by atoms with E-state index in [0.717, 1.165) is 45.6 Å². The molecule has 1 aromatic carbocycles. The molecule has 4 nitrogen and oxygen atoms in total. The summed E-state index contributed by atoms with van der Waals surface area (Å²) in [6.45, 7) is 4.87. The minimum atomic E-state index is 0.242. The van der Waals surface area contributed by atoms with Crippen molar-refractivity contribution in [2.45, 2.75) is 44.6 Å². The van der Waals surface area contributed by atoms with Crippen LogP contribution in [0.4, 0.5) is 0 Å². The van der Waals surface area contributed by atoms with Crippen LogP contribution in [0, 0.1) is 5.41 Å². The number of benzene rings is 1. The van der Waals surface area contributed by atoms with Gasteiger partial charge in [-0.1, -0.05) is 24.3 Å². The van der Waals surface area contributed by atoms with Gasteiger partial charge in [-0.2, -0.15) is 0 Å². The minimum absolute atomic E-state index is 0.242. The van der Waals surface area contributed by atoms with Crippen LogP contribution in [0.15, 0.2) is 24.3 Å². The maximum absolute atomic E-state index is 12.4. The van der Waals surface area contributed by atoms with Gasteiger partial charge in [0.25, 0.3) is 0 Å². The summed E-state index contributed by atoms with van der Waals surface area (Å²) in [5.74, 6) is 0.359. The molecular weight excluding hydrogens is 312 g/mol. The molecule has 2 saturated heterocycles. The third kappa shape index (κ3) is 3.47. The molecule has 2 aliphatic heterocycles. The molecule has 3 aliphatic rings. The minimum Gasteiger partial charge on any atom is -0.385 e. The van der Waals surface area contributed by atoms with E-state index in [0.29, 0.717) is 11.9 Å². The number of nitrogens with zero attached hydrogens (tertiary/aromatic N) is 2. The first-order valence-electron chi connectivity index (χ1n) is 9.77. The zero-order valence-corrected chi connectivity index (χ0v) is 15.4. The van der Waals surface area contributed by atoms with Crippen LogP contribution in [0.25, 0.3) is 0 Å². The topological polar surface area (TPSA) is 32.8 Å². The van der Waals surface area contributed by atoms with Crippen molar-refractivity contribution in [3.05, 3.63) is 35.4 Å². The third-order valence-electron chi connectivity index (χ3n) is 6.59. The molecular formula is C21H30N2O2. The summed E-state index contributed by atoms with van der Waals surface area (Å²) in [5.41, 5.74) is 3.31. The van der Waals surface area contributed by atoms with Crippen LogP contribution in [-0.4, -0.2) is 61.6 Å². The second-order valence-electron chi connectivity index (χ2n) is 8.21. The zero-order chi connectivity index (χ0) is 17.3. The number of methoxy groups -OCH3 is 1. The van der Waals surface area contributed by atoms with Gasteiger partial charge in [0.2, 0.25) is 5.91 Å². The largest absolute Gasteiger partial charge is 0.385 e. The van der Waals surface area contributed by atoms with Gasteiger partial charge < -0.3 is 9.64 Å². The monoisotopic (exact) mass is 342 g/mol. The molecule has 0 unspecified atom stereocenters. The fraction of sp³-hybridized carbons (Fsp3) is 0.667. The number of carbonyl (C=O) groups is 1. The average molecular weight is 342 g/mol. The van der Waals surface area contributed by atoms with E-state index in [1.54, 1.807) is 7.11 Å². The van der Waals surface area contributed by atoms with E-state index in [2.05, 4.69) is 34.1 Å². The first kappa shape index (κ1) is 17.0. The second kappa shape index (κ2) is 7.08. The Morgan fingerprint density at radius 3 is 2.48 bits per heavy atom. The number of amides is 1. The lowest BCUT2D eigenvalue weighted by atomic mass is 9.77. The molecule has 0 atom stereocenters. The number of rotatable bonds is 5. The van der Waals surface area contributed by atoms with Gasteiger partial charge in [-0.15, -0.1) is 0 Å². The first-order chi connectivity index (χ1) is 12.2. The molecule has 4 rings (SSSR count). The Morgan fingerprint density at radius 2 is 1.84 bits per heavy atom. The lowest BCUT2D eigenvalue weighted by Gasteiger charge is -2.41. The summed E-state index contributed by atoms with van der Waals surface area (Å²) in [6.07, 6.45) is 6.46. The van der Waals surface area contributed by atoms with Crippen molar-refractivity contribution in [3.8, 4) is 0 Å². The van der Waals surface area contributed by atoms with Crippen LogP contribution >= 0.6 is 0 Å². The molecule has 1 aromatic rings. The fourth-order valence-corrected chi connectivity index (χ4v) is 5.08. The number of piperidine rings is 1. The van der Waals surface area contributed by atoms with Crippen LogP contribution in [-0.2, 0) is 22.4 Å². The van der Waals surface area contributed by atoms with Crippen molar-refractivity contribution in [2.24, 2.45) is 5.41 Å². The second-order valence-corrected chi connectivity index (χ2v) is 8.21. The normalized spacial score (nSPS) is 23.6. The van der Waals surface area contributed by atoms with Crippen LogP contribution in [0.5, 0.6) is 0 Å². The van der Waals surface area contributed by atoms with E-state index in [4.69, 9.17) is 4.74 Å². The van der Waals surface area contributed by atoms with Gasteiger partial charge in [-0.25, -0.2) is 0 Å². The Morgan fingerprint density at radius 1 is 1.16 bits per heavy atom. The maximum Gasteiger partial charge on any atom is 0.223 e. The van der Waals surface area contributed by atoms with Crippen molar-refractivity contribution in [3.63, 3.8) is 0 Å². The summed E-state index contributed by atoms with van der Waals surface area (Å²) < 4.78 is 5.13. The van der Waals surface area contributed by atoms with E-state index in [1.165, 1.54) is 36.8 Å². The standard InChI is InChI=1S/C21H30N2O2/c1-25-12-4-9-23-16-21(15-20(23)24)7-10-22(11-8-21)19-13-17-5-2-3-6-18(17)14-19/h2-3,5-6,19H,4,7-16H2,1H3. The van der Waals surface area contributed by atoms with Crippen molar-refractivity contribution < 1.29 is 9.53 Å². The van der Waals surface area contributed by atoms with Crippen molar-refractivity contribution >= 4 is 5.91 Å². The predicted molar refractivity (Wildman–Crippen MR) is 98.6 cm³/mol. The van der Waals surface area contributed by atoms with Gasteiger partial charge in [0.05, 0.1) is 0 Å². The van der Waals surface area contributed by atoms with Gasteiger partial charge in [-0.3, -0.25) is 9.69 Å². The number of ether oxygens (including phenoxy) is 1. The Balaban J connectivity index is 1.31. The lowest BCUT2D eigenvalue weighted by molar-refractivity contribution is -0.128. The smallest absolute Gasteiger partial charge is 0.223 e. The van der Waals surface area contributed by atoms with E-state index in [9.17, 15) is 4.79 Å². The molecule has 1 spiro atoms. The molecule has 2 heterocycles. The summed E-state index contributed by atoms with van der Waals surface area (Å²) in [4.78, 5) is 17.2. The highest BCUT2D eigenvalue weighted by Gasteiger charge is 2.45. The lowest BCUT2D eigenvalue weighted by Crippen LogP contribution is -2.46. The summed E-state index contributed by atoms with van der Waals surface area (Å²) in [5, 5.41) is 0. The summed E-state index contributed by atoms with van der Waals surface area (Å²) in [7, 11) is 1.73. The molecule has 0 aromatic heterocycles. The van der Waals surface area contributed by atoms with E-state index in [-0.39, 0.29) is 5.41 Å². The molecule has 1 aliphatic carbocycles. The Bertz CT molecular complexity index is 597. The molecule has 4 heteroatoms. The number of hydrogen-bond donors (Lipinski definition) is 0. The third-order valence-corrected chi connectivity index (χ3v) is 6.59. The summed E-state index contributed by atoms with van der Waals surface area (Å²) in [6, 6.07) is 9.57. The van der Waals surface area contributed by atoms with Crippen LogP contribution in [0.2, 0.25) is 0 Å². The molecule has 0 saturated carbocycles. The van der Waals surface area contributed by atoms with Crippen molar-refractivity contribution in [2.75, 3.05) is 39.9 Å². The van der Waals surface area contributed by atoms with E-state index >= 15 is 0 Å². The van der Waals surface area contributed by atoms with Crippen LogP contribution in [0.1, 0.15) is 36.8 Å². The zero-order valence-electron chi connectivity index (χ0n) is 15.4. The van der Waals surface area contributed by atoms with Gasteiger partial charge in [0.15, 0.2) is 0 Å². The molecule has 0 radical (unpaired) electrons.